The summed E-state index contributed by atoms with van der Waals surface area (Å²) < 4.78 is 1.81. The third-order valence-electron chi connectivity index (χ3n) is 4.33. The molecule has 0 bridgehead atoms. The van der Waals surface area contributed by atoms with E-state index < -0.39 is 0 Å². The lowest BCUT2D eigenvalue weighted by Crippen LogP contribution is -2.47. The molecule has 0 aliphatic carbocycles. The molecular weight excluding hydrogens is 384 g/mol. The van der Waals surface area contributed by atoms with Crippen LogP contribution in [0.5, 0.6) is 0 Å². The molecule has 2 fully saturated rings. The van der Waals surface area contributed by atoms with Crippen molar-refractivity contribution in [1.82, 2.24) is 10.2 Å². The van der Waals surface area contributed by atoms with E-state index in [2.05, 4.69) is 42.1 Å². The number of halogens is 2. The minimum atomic E-state index is 0.0285. The van der Waals surface area contributed by atoms with E-state index in [0.717, 1.165) is 28.3 Å². The minimum absolute atomic E-state index is 0.0285. The zero-order valence-corrected chi connectivity index (χ0v) is 14.4. The molecule has 2 aliphatic rings. The quantitative estimate of drug-likeness (QED) is 0.821. The Kier molecular flexibility index (Phi) is 4.48. The largest absolute Gasteiger partial charge is 0.349 e. The Bertz CT molecular complexity index is 521. The number of hydrogen-bond donors (Lipinski definition) is 1. The first-order chi connectivity index (χ1) is 9.63. The molecule has 0 aromatic heterocycles. The number of nitrogens with one attached hydrogen (secondary N) is 1. The molecule has 0 radical (unpaired) electrons. The Balaban J connectivity index is 1.64. The van der Waals surface area contributed by atoms with Gasteiger partial charge in [0.05, 0.1) is 5.56 Å². The molecule has 5 heteroatoms. The van der Waals surface area contributed by atoms with Gasteiger partial charge in [0.15, 0.2) is 0 Å². The van der Waals surface area contributed by atoms with Crippen LogP contribution in [0, 0.1) is 0 Å². The van der Waals surface area contributed by atoms with E-state index >= 15 is 0 Å². The molecule has 3 rings (SSSR count). The number of carbonyl (C=O) groups is 1. The van der Waals surface area contributed by atoms with Gasteiger partial charge in [-0.15, -0.1) is 0 Å². The first-order valence-electron chi connectivity index (χ1n) is 7.13. The second kappa shape index (κ2) is 6.16. The number of hydrogen-bond acceptors (Lipinski definition) is 2. The van der Waals surface area contributed by atoms with Crippen LogP contribution in [0.15, 0.2) is 27.1 Å². The van der Waals surface area contributed by atoms with Gasteiger partial charge in [0.1, 0.15) is 0 Å². The molecule has 2 unspecified atom stereocenters. The van der Waals surface area contributed by atoms with Gasteiger partial charge in [-0.1, -0.05) is 15.9 Å². The number of piperidine rings is 1. The maximum absolute atomic E-state index is 12.4. The summed E-state index contributed by atoms with van der Waals surface area (Å²) in [6.07, 6.45) is 4.76. The minimum Gasteiger partial charge on any atom is -0.349 e. The highest BCUT2D eigenvalue weighted by atomic mass is 79.9. The number of benzene rings is 1. The third kappa shape index (κ3) is 3.10. The SMILES string of the molecule is O=C(NC1CCN2CCCC2C1)c1ccc(Br)cc1Br. The summed E-state index contributed by atoms with van der Waals surface area (Å²) in [5.74, 6) is 0.0285. The number of amides is 1. The van der Waals surface area contributed by atoms with E-state index in [9.17, 15) is 4.79 Å². The van der Waals surface area contributed by atoms with Crippen LogP contribution in [-0.2, 0) is 0 Å². The predicted molar refractivity (Wildman–Crippen MR) is 86.9 cm³/mol. The average Bonchev–Trinajstić information content (AvgIpc) is 2.85. The molecule has 2 atom stereocenters. The van der Waals surface area contributed by atoms with Crippen molar-refractivity contribution in [3.8, 4) is 0 Å². The van der Waals surface area contributed by atoms with Crippen LogP contribution < -0.4 is 5.32 Å². The maximum atomic E-state index is 12.4. The molecule has 2 saturated heterocycles. The van der Waals surface area contributed by atoms with Gasteiger partial charge in [-0.3, -0.25) is 4.79 Å². The van der Waals surface area contributed by atoms with E-state index in [0.29, 0.717) is 17.6 Å². The fraction of sp³-hybridized carbons (Fsp3) is 0.533. The van der Waals surface area contributed by atoms with Gasteiger partial charge in [0.25, 0.3) is 5.91 Å². The van der Waals surface area contributed by atoms with Crippen LogP contribution in [-0.4, -0.2) is 36.0 Å². The van der Waals surface area contributed by atoms with Gasteiger partial charge in [-0.05, 0) is 66.4 Å². The zero-order chi connectivity index (χ0) is 14.1. The standard InChI is InChI=1S/C15H18Br2N2O/c16-10-3-4-13(14(17)8-10)15(20)18-11-5-7-19-6-1-2-12(19)9-11/h3-4,8,11-12H,1-2,5-7,9H2,(H,18,20). The predicted octanol–water partition coefficient (Wildman–Crippen LogP) is 3.57. The van der Waals surface area contributed by atoms with Crippen LogP contribution in [0.3, 0.4) is 0 Å². The zero-order valence-electron chi connectivity index (χ0n) is 11.2. The van der Waals surface area contributed by atoms with E-state index in [-0.39, 0.29) is 5.91 Å². The Hall–Kier alpha value is -0.390. The van der Waals surface area contributed by atoms with Crippen molar-refractivity contribution in [3.63, 3.8) is 0 Å². The van der Waals surface area contributed by atoms with Crippen molar-refractivity contribution in [2.75, 3.05) is 13.1 Å². The Morgan fingerprint density at radius 2 is 2.10 bits per heavy atom. The number of fused-ring (bicyclic) bond motifs is 1. The van der Waals surface area contributed by atoms with Crippen molar-refractivity contribution in [2.45, 2.75) is 37.8 Å². The van der Waals surface area contributed by atoms with Gasteiger partial charge >= 0.3 is 0 Å². The van der Waals surface area contributed by atoms with Crippen molar-refractivity contribution in [2.24, 2.45) is 0 Å². The summed E-state index contributed by atoms with van der Waals surface area (Å²) in [5.41, 5.74) is 0.710. The van der Waals surface area contributed by atoms with Crippen LogP contribution in [0.4, 0.5) is 0 Å². The number of nitrogens with zero attached hydrogens (tertiary/aromatic N) is 1. The summed E-state index contributed by atoms with van der Waals surface area (Å²) in [6, 6.07) is 6.67. The Labute approximate surface area is 136 Å². The molecule has 1 N–H and O–H groups in total. The molecule has 20 heavy (non-hydrogen) atoms. The molecule has 1 aromatic carbocycles. The van der Waals surface area contributed by atoms with Crippen molar-refractivity contribution >= 4 is 37.8 Å². The highest BCUT2D eigenvalue weighted by Crippen LogP contribution is 2.27. The molecule has 0 spiro atoms. The first-order valence-corrected chi connectivity index (χ1v) is 8.72. The summed E-state index contributed by atoms with van der Waals surface area (Å²) in [6.45, 7) is 2.36. The van der Waals surface area contributed by atoms with Crippen LogP contribution >= 0.6 is 31.9 Å². The second-order valence-electron chi connectivity index (χ2n) is 5.65. The average molecular weight is 402 g/mol. The van der Waals surface area contributed by atoms with Crippen molar-refractivity contribution < 1.29 is 4.79 Å². The molecule has 2 heterocycles. The molecule has 1 aromatic rings. The lowest BCUT2D eigenvalue weighted by molar-refractivity contribution is 0.0895. The molecule has 1 amide bonds. The smallest absolute Gasteiger partial charge is 0.252 e. The number of rotatable bonds is 2. The van der Waals surface area contributed by atoms with E-state index in [4.69, 9.17) is 0 Å². The van der Waals surface area contributed by atoms with Crippen LogP contribution in [0.1, 0.15) is 36.0 Å². The van der Waals surface area contributed by atoms with Gasteiger partial charge < -0.3 is 10.2 Å². The number of carbonyl (C=O) groups excluding carboxylic acids is 1. The summed E-state index contributed by atoms with van der Waals surface area (Å²) in [4.78, 5) is 14.9. The highest BCUT2D eigenvalue weighted by Gasteiger charge is 2.32. The topological polar surface area (TPSA) is 32.3 Å². The van der Waals surface area contributed by atoms with E-state index in [1.54, 1.807) is 0 Å². The maximum Gasteiger partial charge on any atom is 0.252 e. The first kappa shape index (κ1) is 14.5. The fourth-order valence-electron chi connectivity index (χ4n) is 3.29. The third-order valence-corrected chi connectivity index (χ3v) is 5.48. The monoisotopic (exact) mass is 400 g/mol. The Morgan fingerprint density at radius 3 is 2.90 bits per heavy atom. The highest BCUT2D eigenvalue weighted by molar-refractivity contribution is 9.11. The summed E-state index contributed by atoms with van der Waals surface area (Å²) in [7, 11) is 0. The van der Waals surface area contributed by atoms with Gasteiger partial charge in [-0.25, -0.2) is 0 Å². The second-order valence-corrected chi connectivity index (χ2v) is 7.42. The van der Waals surface area contributed by atoms with Crippen molar-refractivity contribution in [1.29, 1.82) is 0 Å². The summed E-state index contributed by atoms with van der Waals surface area (Å²) >= 11 is 6.87. The molecular formula is C15H18Br2N2O. The van der Waals surface area contributed by atoms with E-state index in [1.807, 2.05) is 18.2 Å². The Morgan fingerprint density at radius 1 is 1.25 bits per heavy atom. The lowest BCUT2D eigenvalue weighted by atomic mass is 9.97. The summed E-state index contributed by atoms with van der Waals surface area (Å²) in [5, 5.41) is 3.20. The van der Waals surface area contributed by atoms with Gasteiger partial charge in [-0.2, -0.15) is 0 Å². The van der Waals surface area contributed by atoms with Crippen LogP contribution in [0.25, 0.3) is 0 Å². The lowest BCUT2D eigenvalue weighted by Gasteiger charge is -2.35. The molecule has 2 aliphatic heterocycles. The van der Waals surface area contributed by atoms with Gasteiger partial charge in [0.2, 0.25) is 0 Å². The molecule has 108 valence electrons. The van der Waals surface area contributed by atoms with Crippen molar-refractivity contribution in [3.05, 3.63) is 32.7 Å². The van der Waals surface area contributed by atoms with E-state index in [1.165, 1.54) is 19.4 Å². The fourth-order valence-corrected chi connectivity index (χ4v) is 4.52. The molecule has 0 saturated carbocycles. The molecule has 3 nitrogen and oxygen atoms in total. The van der Waals surface area contributed by atoms with Crippen LogP contribution in [0.2, 0.25) is 0 Å². The van der Waals surface area contributed by atoms with Gasteiger partial charge in [0, 0.05) is 27.6 Å². The normalized spacial score (nSPS) is 26.3.